The first-order valence-corrected chi connectivity index (χ1v) is 11.3. The number of para-hydroxylation sites is 1. The predicted molar refractivity (Wildman–Crippen MR) is 131 cm³/mol. The molecule has 2 N–H and O–H groups in total. The summed E-state index contributed by atoms with van der Waals surface area (Å²) in [6.07, 6.45) is 0. The van der Waals surface area contributed by atoms with Crippen molar-refractivity contribution in [2.24, 2.45) is 0 Å². The van der Waals surface area contributed by atoms with Crippen LogP contribution in [0.25, 0.3) is 0 Å². The third-order valence-corrected chi connectivity index (χ3v) is 5.92. The first-order chi connectivity index (χ1) is 16.4. The summed E-state index contributed by atoms with van der Waals surface area (Å²) >= 11 is 12.3. The molecule has 4 rings (SSSR count). The number of rotatable bonds is 7. The monoisotopic (exact) mass is 496 g/mol. The van der Waals surface area contributed by atoms with E-state index in [-0.39, 0.29) is 13.2 Å². The van der Waals surface area contributed by atoms with Crippen molar-refractivity contribution in [2.75, 3.05) is 0 Å². The minimum absolute atomic E-state index is 0.115. The molecule has 0 aliphatic carbocycles. The van der Waals surface area contributed by atoms with Gasteiger partial charge in [0.15, 0.2) is 0 Å². The maximum Gasteiger partial charge on any atom is 0.338 e. The van der Waals surface area contributed by atoms with Crippen LogP contribution in [0.2, 0.25) is 10.0 Å². The fraction of sp³-hybridized carbons (Fsp3) is 0.154. The van der Waals surface area contributed by atoms with E-state index >= 15 is 0 Å². The lowest BCUT2D eigenvalue weighted by Crippen LogP contribution is -2.45. The summed E-state index contributed by atoms with van der Waals surface area (Å²) in [5.41, 5.74) is 2.96. The fourth-order valence-electron chi connectivity index (χ4n) is 3.64. The van der Waals surface area contributed by atoms with Crippen molar-refractivity contribution >= 4 is 35.2 Å². The Morgan fingerprint density at radius 2 is 1.71 bits per heavy atom. The van der Waals surface area contributed by atoms with Crippen LogP contribution in [0.1, 0.15) is 29.7 Å². The van der Waals surface area contributed by atoms with Crippen LogP contribution in [0, 0.1) is 0 Å². The first-order valence-electron chi connectivity index (χ1n) is 10.6. The first kappa shape index (κ1) is 23.7. The minimum Gasteiger partial charge on any atom is -0.488 e. The quantitative estimate of drug-likeness (QED) is 0.396. The molecule has 0 saturated heterocycles. The molecule has 1 atom stereocenters. The van der Waals surface area contributed by atoms with Gasteiger partial charge in [0.2, 0.25) is 0 Å². The van der Waals surface area contributed by atoms with E-state index in [9.17, 15) is 9.59 Å². The van der Waals surface area contributed by atoms with Crippen LogP contribution in [0.15, 0.2) is 84.1 Å². The van der Waals surface area contributed by atoms with Crippen molar-refractivity contribution in [3.63, 3.8) is 0 Å². The highest BCUT2D eigenvalue weighted by Crippen LogP contribution is 2.34. The summed E-state index contributed by atoms with van der Waals surface area (Å²) < 4.78 is 11.6. The number of nitrogens with one attached hydrogen (secondary N) is 2. The summed E-state index contributed by atoms with van der Waals surface area (Å²) in [5.74, 6) is -0.0312. The molecule has 1 unspecified atom stereocenters. The Morgan fingerprint density at radius 3 is 2.47 bits per heavy atom. The normalized spacial score (nSPS) is 15.4. The maximum atomic E-state index is 13.1. The third-order valence-electron chi connectivity index (χ3n) is 5.33. The molecule has 0 spiro atoms. The number of halogens is 2. The number of ether oxygens (including phenoxy) is 2. The molecule has 2 amide bonds. The van der Waals surface area contributed by atoms with Gasteiger partial charge in [-0.3, -0.25) is 0 Å². The Hall–Kier alpha value is -3.48. The largest absolute Gasteiger partial charge is 0.488 e. The van der Waals surface area contributed by atoms with Crippen LogP contribution in [0.4, 0.5) is 4.79 Å². The molecule has 1 aliphatic rings. The summed E-state index contributed by atoms with van der Waals surface area (Å²) in [7, 11) is 0. The maximum absolute atomic E-state index is 13.1. The molecule has 0 bridgehead atoms. The van der Waals surface area contributed by atoms with Gasteiger partial charge in [-0.1, -0.05) is 77.8 Å². The molecule has 0 fully saturated rings. The number of carbonyl (C=O) groups excluding carboxylic acids is 2. The zero-order valence-electron chi connectivity index (χ0n) is 18.3. The minimum atomic E-state index is -0.756. The molecule has 3 aromatic rings. The van der Waals surface area contributed by atoms with Gasteiger partial charge in [-0.25, -0.2) is 9.59 Å². The Balaban J connectivity index is 1.59. The lowest BCUT2D eigenvalue weighted by atomic mass is 9.95. The van der Waals surface area contributed by atoms with E-state index in [0.29, 0.717) is 32.6 Å². The Kier molecular flexibility index (Phi) is 7.40. The summed E-state index contributed by atoms with van der Waals surface area (Å²) in [6, 6.07) is 20.6. The van der Waals surface area contributed by atoms with Crippen LogP contribution in [-0.2, 0) is 22.7 Å². The van der Waals surface area contributed by atoms with Crippen LogP contribution < -0.4 is 15.4 Å². The molecular formula is C26H22Cl2N2O4. The molecule has 0 aromatic heterocycles. The van der Waals surface area contributed by atoms with E-state index in [1.807, 2.05) is 42.5 Å². The highest BCUT2D eigenvalue weighted by Gasteiger charge is 2.34. The van der Waals surface area contributed by atoms with Crippen LogP contribution in [0.5, 0.6) is 5.75 Å². The second kappa shape index (κ2) is 10.6. The van der Waals surface area contributed by atoms with Gasteiger partial charge in [-0.15, -0.1) is 0 Å². The summed E-state index contributed by atoms with van der Waals surface area (Å²) in [5, 5.41) is 6.49. The van der Waals surface area contributed by atoms with Gasteiger partial charge in [0.25, 0.3) is 0 Å². The Labute approximate surface area is 207 Å². The molecule has 1 heterocycles. The summed E-state index contributed by atoms with van der Waals surface area (Å²) in [4.78, 5) is 25.4. The van der Waals surface area contributed by atoms with E-state index in [1.165, 1.54) is 0 Å². The Bertz CT molecular complexity index is 1240. The van der Waals surface area contributed by atoms with E-state index < -0.39 is 18.0 Å². The number of amides is 2. The number of urea groups is 1. The van der Waals surface area contributed by atoms with Crippen molar-refractivity contribution in [3.05, 3.63) is 111 Å². The van der Waals surface area contributed by atoms with E-state index in [2.05, 4.69) is 10.6 Å². The second-order valence-corrected chi connectivity index (χ2v) is 8.54. The van der Waals surface area contributed by atoms with Gasteiger partial charge in [0, 0.05) is 26.9 Å². The van der Waals surface area contributed by atoms with Gasteiger partial charge >= 0.3 is 12.0 Å². The highest BCUT2D eigenvalue weighted by molar-refractivity contribution is 6.35. The van der Waals surface area contributed by atoms with Gasteiger partial charge in [-0.2, -0.15) is 0 Å². The number of benzene rings is 3. The highest BCUT2D eigenvalue weighted by atomic mass is 35.5. The van der Waals surface area contributed by atoms with Crippen molar-refractivity contribution in [3.8, 4) is 5.75 Å². The van der Waals surface area contributed by atoms with E-state index in [0.717, 1.165) is 11.1 Å². The average Bonchev–Trinajstić information content (AvgIpc) is 2.82. The number of carbonyl (C=O) groups is 2. The van der Waals surface area contributed by atoms with Crippen molar-refractivity contribution in [1.29, 1.82) is 0 Å². The third kappa shape index (κ3) is 5.53. The SMILES string of the molecule is CC1=C(C(=O)OCc2ccccc2)C(c2ccccc2OCc2ccc(Cl)cc2Cl)NC(=O)N1. The Morgan fingerprint density at radius 1 is 0.971 bits per heavy atom. The topological polar surface area (TPSA) is 76.7 Å². The molecule has 6 nitrogen and oxygen atoms in total. The van der Waals surface area contributed by atoms with Crippen LogP contribution >= 0.6 is 23.2 Å². The lowest BCUT2D eigenvalue weighted by molar-refractivity contribution is -0.140. The van der Waals surface area contributed by atoms with E-state index in [1.54, 1.807) is 37.3 Å². The molecule has 174 valence electrons. The van der Waals surface area contributed by atoms with Gasteiger partial charge in [-0.05, 0) is 30.7 Å². The standard InChI is InChI=1S/C26H22Cl2N2O4/c1-16-23(25(31)34-14-17-7-3-2-4-8-17)24(30-26(32)29-16)20-9-5-6-10-22(20)33-15-18-11-12-19(27)13-21(18)28/h2-13,24H,14-15H2,1H3,(H2,29,30,32). The molecule has 1 aliphatic heterocycles. The second-order valence-electron chi connectivity index (χ2n) is 7.69. The van der Waals surface area contributed by atoms with Gasteiger partial charge < -0.3 is 20.1 Å². The van der Waals surface area contributed by atoms with Gasteiger partial charge in [0.1, 0.15) is 19.0 Å². The van der Waals surface area contributed by atoms with Crippen LogP contribution in [0.3, 0.4) is 0 Å². The summed E-state index contributed by atoms with van der Waals surface area (Å²) in [6.45, 7) is 1.97. The van der Waals surface area contributed by atoms with E-state index in [4.69, 9.17) is 32.7 Å². The zero-order chi connectivity index (χ0) is 24.1. The number of hydrogen-bond acceptors (Lipinski definition) is 4. The molecule has 0 radical (unpaired) electrons. The van der Waals surface area contributed by atoms with Gasteiger partial charge in [0.05, 0.1) is 11.6 Å². The zero-order valence-corrected chi connectivity index (χ0v) is 19.8. The van der Waals surface area contributed by atoms with Crippen molar-refractivity contribution in [2.45, 2.75) is 26.2 Å². The van der Waals surface area contributed by atoms with Crippen molar-refractivity contribution < 1.29 is 19.1 Å². The smallest absolute Gasteiger partial charge is 0.338 e. The average molecular weight is 497 g/mol. The molecule has 8 heteroatoms. The molecule has 0 saturated carbocycles. The lowest BCUT2D eigenvalue weighted by Gasteiger charge is -2.29. The molecule has 34 heavy (non-hydrogen) atoms. The molecule has 3 aromatic carbocycles. The number of esters is 1. The predicted octanol–water partition coefficient (Wildman–Crippen LogP) is 5.94. The molecular weight excluding hydrogens is 475 g/mol. The number of allylic oxidation sites excluding steroid dienone is 1. The number of hydrogen-bond donors (Lipinski definition) is 2. The van der Waals surface area contributed by atoms with Crippen LogP contribution in [-0.4, -0.2) is 12.0 Å². The van der Waals surface area contributed by atoms with Crippen molar-refractivity contribution in [1.82, 2.24) is 10.6 Å². The fourth-order valence-corrected chi connectivity index (χ4v) is 4.11.